The average Bonchev–Trinajstić information content (AvgIpc) is 3.38. The number of aliphatic hydroxyl groups is 1. The largest absolute Gasteiger partial charge is 0.507 e. The summed E-state index contributed by atoms with van der Waals surface area (Å²) < 4.78 is 15.1. The first kappa shape index (κ1) is 22.8. The van der Waals surface area contributed by atoms with Crippen molar-refractivity contribution in [3.05, 3.63) is 82.1 Å². The third kappa shape index (κ3) is 3.81. The number of aryl methyl sites for hydroxylation is 2. The maximum absolute atomic E-state index is 13.2. The number of ether oxygens (including phenoxy) is 2. The van der Waals surface area contributed by atoms with Gasteiger partial charge in [0.2, 0.25) is 0 Å². The van der Waals surface area contributed by atoms with Gasteiger partial charge in [0.1, 0.15) is 17.3 Å². The van der Waals surface area contributed by atoms with Crippen LogP contribution in [0.15, 0.2) is 58.6 Å². The molecule has 9 nitrogen and oxygen atoms in total. The molecule has 2 heterocycles. The molecule has 1 N–H and O–H groups in total. The van der Waals surface area contributed by atoms with Gasteiger partial charge < -0.3 is 19.1 Å². The number of carbonyl (C=O) groups is 3. The minimum atomic E-state index is -1.00. The Balaban J connectivity index is 1.90. The van der Waals surface area contributed by atoms with Crippen molar-refractivity contribution in [2.75, 3.05) is 19.1 Å². The van der Waals surface area contributed by atoms with E-state index in [0.29, 0.717) is 28.2 Å². The second-order valence-electron chi connectivity index (χ2n) is 7.76. The number of ketones is 1. The van der Waals surface area contributed by atoms with E-state index in [4.69, 9.17) is 14.0 Å². The van der Waals surface area contributed by atoms with Crippen molar-refractivity contribution in [1.29, 1.82) is 0 Å². The zero-order valence-corrected chi connectivity index (χ0v) is 19.0. The third-order valence-corrected chi connectivity index (χ3v) is 5.62. The molecule has 9 heteroatoms. The van der Waals surface area contributed by atoms with Gasteiger partial charge in [0.05, 0.1) is 31.4 Å². The van der Waals surface area contributed by atoms with Crippen molar-refractivity contribution in [1.82, 2.24) is 5.16 Å². The normalized spacial score (nSPS) is 17.2. The number of aliphatic hydroxyl groups excluding tert-OH is 1. The number of anilines is 1. The van der Waals surface area contributed by atoms with E-state index < -0.39 is 23.7 Å². The van der Waals surface area contributed by atoms with Crippen LogP contribution in [0.3, 0.4) is 0 Å². The molecule has 3 aromatic rings. The predicted molar refractivity (Wildman–Crippen MR) is 122 cm³/mol. The zero-order chi connectivity index (χ0) is 24.6. The van der Waals surface area contributed by atoms with Crippen molar-refractivity contribution < 1.29 is 33.5 Å². The minimum absolute atomic E-state index is 0.110. The number of aromatic nitrogens is 1. The fourth-order valence-electron chi connectivity index (χ4n) is 3.95. The van der Waals surface area contributed by atoms with E-state index in [0.717, 1.165) is 5.56 Å². The molecule has 2 aromatic carbocycles. The van der Waals surface area contributed by atoms with Crippen LogP contribution in [-0.2, 0) is 14.3 Å². The summed E-state index contributed by atoms with van der Waals surface area (Å²) in [5.74, 6) is -1.40. The maximum atomic E-state index is 13.2. The van der Waals surface area contributed by atoms with Crippen LogP contribution in [0.4, 0.5) is 5.82 Å². The minimum Gasteiger partial charge on any atom is -0.507 e. The Kier molecular flexibility index (Phi) is 5.93. The summed E-state index contributed by atoms with van der Waals surface area (Å²) in [5.41, 5.74) is 1.77. The van der Waals surface area contributed by atoms with Crippen LogP contribution in [0.1, 0.15) is 38.9 Å². The van der Waals surface area contributed by atoms with Gasteiger partial charge in [-0.15, -0.1) is 0 Å². The summed E-state index contributed by atoms with van der Waals surface area (Å²) >= 11 is 0. The van der Waals surface area contributed by atoms with E-state index >= 15 is 0 Å². The molecule has 1 aliphatic rings. The quantitative estimate of drug-likeness (QED) is 0.264. The molecule has 4 rings (SSSR count). The summed E-state index contributed by atoms with van der Waals surface area (Å²) in [6.07, 6.45) is 0. The molecular formula is C25H22N2O7. The fourth-order valence-corrected chi connectivity index (χ4v) is 3.95. The molecule has 1 aromatic heterocycles. The lowest BCUT2D eigenvalue weighted by Crippen LogP contribution is -2.29. The molecule has 0 unspecified atom stereocenters. The van der Waals surface area contributed by atoms with Crippen LogP contribution in [0.5, 0.6) is 5.75 Å². The second kappa shape index (κ2) is 8.86. The van der Waals surface area contributed by atoms with Crippen molar-refractivity contribution in [3.8, 4) is 5.75 Å². The van der Waals surface area contributed by atoms with Crippen LogP contribution in [0, 0.1) is 13.8 Å². The molecule has 1 aliphatic heterocycles. The van der Waals surface area contributed by atoms with Crippen molar-refractivity contribution in [2.24, 2.45) is 0 Å². The number of nitrogens with zero attached hydrogens (tertiary/aromatic N) is 2. The lowest BCUT2D eigenvalue weighted by atomic mass is 9.94. The van der Waals surface area contributed by atoms with Gasteiger partial charge in [0.15, 0.2) is 5.82 Å². The van der Waals surface area contributed by atoms with Crippen molar-refractivity contribution in [3.63, 3.8) is 0 Å². The summed E-state index contributed by atoms with van der Waals surface area (Å²) in [5, 5.41) is 15.1. The summed E-state index contributed by atoms with van der Waals surface area (Å²) in [6.45, 7) is 3.46. The average molecular weight is 462 g/mol. The Morgan fingerprint density at radius 1 is 1.03 bits per heavy atom. The van der Waals surface area contributed by atoms with E-state index in [2.05, 4.69) is 5.16 Å². The Hall–Kier alpha value is -4.40. The zero-order valence-electron chi connectivity index (χ0n) is 19.0. The Labute approximate surface area is 195 Å². The number of rotatable bonds is 5. The monoisotopic (exact) mass is 462 g/mol. The molecule has 34 heavy (non-hydrogen) atoms. The maximum Gasteiger partial charge on any atom is 0.337 e. The third-order valence-electron chi connectivity index (χ3n) is 5.62. The van der Waals surface area contributed by atoms with Crippen LogP contribution in [0.2, 0.25) is 0 Å². The van der Waals surface area contributed by atoms with Crippen molar-refractivity contribution in [2.45, 2.75) is 19.9 Å². The van der Waals surface area contributed by atoms with Gasteiger partial charge in [-0.3, -0.25) is 14.5 Å². The lowest BCUT2D eigenvalue weighted by Gasteiger charge is -2.23. The molecule has 174 valence electrons. The van der Waals surface area contributed by atoms with Crippen LogP contribution in [-0.4, -0.2) is 42.1 Å². The first-order valence-corrected chi connectivity index (χ1v) is 10.3. The number of carbonyl (C=O) groups excluding carboxylic acids is 3. The molecule has 1 amide bonds. The number of hydrogen-bond acceptors (Lipinski definition) is 8. The Morgan fingerprint density at radius 2 is 1.71 bits per heavy atom. The molecular weight excluding hydrogens is 440 g/mol. The van der Waals surface area contributed by atoms with Gasteiger partial charge in [0, 0.05) is 11.6 Å². The first-order valence-electron chi connectivity index (χ1n) is 10.3. The van der Waals surface area contributed by atoms with Gasteiger partial charge in [-0.25, -0.2) is 4.79 Å². The van der Waals surface area contributed by atoms with E-state index in [9.17, 15) is 19.5 Å². The highest BCUT2D eigenvalue weighted by atomic mass is 16.5. The number of esters is 1. The highest BCUT2D eigenvalue weighted by molar-refractivity contribution is 6.51. The Morgan fingerprint density at radius 3 is 2.26 bits per heavy atom. The SMILES string of the molecule is COC(=O)c1ccc([C@@H]2/C(=C(\O)c3ccc(OC)c(C)c3)C(=O)C(=O)N2c2cc(C)on2)cc1. The topological polar surface area (TPSA) is 119 Å². The molecule has 1 atom stereocenters. The van der Waals surface area contributed by atoms with Gasteiger partial charge >= 0.3 is 11.9 Å². The highest BCUT2D eigenvalue weighted by Gasteiger charge is 2.48. The van der Waals surface area contributed by atoms with Crippen LogP contribution < -0.4 is 9.64 Å². The standard InChI is InChI=1S/C25H22N2O7/c1-13-11-17(9-10-18(13)32-3)22(28)20-21(15-5-7-16(8-6-15)25(31)33-4)27(24(30)23(20)29)19-12-14(2)34-26-19/h5-12,21,28H,1-4H3/b22-20+/t21-/m1/s1. The second-order valence-corrected chi connectivity index (χ2v) is 7.76. The number of Topliss-reactive ketones (excluding diaryl/α,β-unsaturated/α-hetero) is 1. The number of amides is 1. The molecule has 0 radical (unpaired) electrons. The van der Waals surface area contributed by atoms with E-state index in [1.165, 1.54) is 37.3 Å². The van der Waals surface area contributed by atoms with Gasteiger partial charge in [0.25, 0.3) is 5.78 Å². The van der Waals surface area contributed by atoms with Gasteiger partial charge in [-0.2, -0.15) is 0 Å². The fraction of sp³-hybridized carbons (Fsp3) is 0.200. The number of methoxy groups -OCH3 is 2. The van der Waals surface area contributed by atoms with Gasteiger partial charge in [-0.1, -0.05) is 17.3 Å². The predicted octanol–water partition coefficient (Wildman–Crippen LogP) is 3.71. The van der Waals surface area contributed by atoms with E-state index in [-0.39, 0.29) is 17.2 Å². The first-order chi connectivity index (χ1) is 16.3. The van der Waals surface area contributed by atoms with E-state index in [1.807, 2.05) is 0 Å². The van der Waals surface area contributed by atoms with E-state index in [1.54, 1.807) is 44.2 Å². The lowest BCUT2D eigenvalue weighted by molar-refractivity contribution is -0.132. The van der Waals surface area contributed by atoms with Gasteiger partial charge in [-0.05, 0) is 55.3 Å². The molecule has 1 fully saturated rings. The summed E-state index contributed by atoms with van der Waals surface area (Å²) in [4.78, 5) is 39.3. The molecule has 1 saturated heterocycles. The Bertz CT molecular complexity index is 1320. The smallest absolute Gasteiger partial charge is 0.337 e. The summed E-state index contributed by atoms with van der Waals surface area (Å²) in [6, 6.07) is 11.7. The summed E-state index contributed by atoms with van der Waals surface area (Å²) in [7, 11) is 2.81. The number of benzene rings is 2. The van der Waals surface area contributed by atoms with Crippen LogP contribution >= 0.6 is 0 Å². The number of hydrogen-bond donors (Lipinski definition) is 1. The highest BCUT2D eigenvalue weighted by Crippen LogP contribution is 2.42. The molecule has 0 spiro atoms. The molecule has 0 bridgehead atoms. The van der Waals surface area contributed by atoms with Crippen LogP contribution in [0.25, 0.3) is 5.76 Å². The molecule has 0 saturated carbocycles. The molecule has 0 aliphatic carbocycles. The van der Waals surface area contributed by atoms with Crippen molar-refractivity contribution >= 4 is 29.2 Å².